The van der Waals surface area contributed by atoms with E-state index in [0.717, 1.165) is 0 Å². The summed E-state index contributed by atoms with van der Waals surface area (Å²) in [6, 6.07) is 1.41. The first-order valence-electron chi connectivity index (χ1n) is 9.51. The zero-order chi connectivity index (χ0) is 14.9. The molecule has 1 radical (unpaired) electrons. The Bertz CT molecular complexity index is 339. The molecule has 21 heavy (non-hydrogen) atoms. The van der Waals surface area contributed by atoms with Gasteiger partial charge in [-0.05, 0) is 25.3 Å². The number of allylic oxidation sites excluding steroid dienone is 4. The lowest BCUT2D eigenvalue weighted by Crippen LogP contribution is -2.07. The Morgan fingerprint density at radius 1 is 0.810 bits per heavy atom. The lowest BCUT2D eigenvalue weighted by molar-refractivity contribution is 0.522. The Labute approximate surface area is 134 Å². The van der Waals surface area contributed by atoms with Crippen molar-refractivity contribution in [3.8, 4) is 0 Å². The standard InChI is InChI=1S/C20H35Si/c1-21(2)17-19-15-12-16-20(19)18-13-10-8-6-4-3-5-7-9-11-14-18/h12,15,21H,3-11,13-14,16-17H2,1-2H3. The molecule has 0 bridgehead atoms. The normalized spacial score (nSPS) is 23.4. The van der Waals surface area contributed by atoms with Gasteiger partial charge in [-0.25, -0.2) is 0 Å². The Morgan fingerprint density at radius 2 is 1.33 bits per heavy atom. The maximum Gasteiger partial charge on any atom is 0.0352 e. The molecule has 0 nitrogen and oxygen atoms in total. The summed E-state index contributed by atoms with van der Waals surface area (Å²) in [7, 11) is -0.488. The molecule has 0 aromatic rings. The van der Waals surface area contributed by atoms with Crippen LogP contribution in [0.2, 0.25) is 19.1 Å². The third-order valence-electron chi connectivity index (χ3n) is 5.04. The Balaban J connectivity index is 1.96. The highest BCUT2D eigenvalue weighted by molar-refractivity contribution is 6.56. The third-order valence-corrected chi connectivity index (χ3v) is 6.30. The van der Waals surface area contributed by atoms with Crippen molar-refractivity contribution in [1.82, 2.24) is 0 Å². The van der Waals surface area contributed by atoms with Crippen LogP contribution in [0.4, 0.5) is 0 Å². The molecule has 119 valence electrons. The topological polar surface area (TPSA) is 0 Å². The molecule has 0 N–H and O–H groups in total. The van der Waals surface area contributed by atoms with E-state index in [1.807, 2.05) is 5.92 Å². The van der Waals surface area contributed by atoms with Crippen LogP contribution in [0.15, 0.2) is 23.3 Å². The van der Waals surface area contributed by atoms with Crippen LogP contribution in [-0.4, -0.2) is 8.80 Å². The molecule has 0 spiro atoms. The van der Waals surface area contributed by atoms with Gasteiger partial charge in [-0.1, -0.05) is 94.2 Å². The summed E-state index contributed by atoms with van der Waals surface area (Å²) in [5, 5.41) is 0. The highest BCUT2D eigenvalue weighted by Gasteiger charge is 2.20. The van der Waals surface area contributed by atoms with Crippen LogP contribution in [-0.2, 0) is 0 Å². The van der Waals surface area contributed by atoms with Gasteiger partial charge < -0.3 is 0 Å². The van der Waals surface area contributed by atoms with Gasteiger partial charge in [0.25, 0.3) is 0 Å². The number of rotatable bonds is 3. The second-order valence-corrected chi connectivity index (χ2v) is 10.7. The Hall–Kier alpha value is -0.303. The van der Waals surface area contributed by atoms with E-state index in [1.54, 1.807) is 11.1 Å². The first-order chi connectivity index (χ1) is 10.3. The van der Waals surface area contributed by atoms with Crippen molar-refractivity contribution >= 4 is 8.80 Å². The van der Waals surface area contributed by atoms with Crippen molar-refractivity contribution in [2.75, 3.05) is 0 Å². The molecule has 0 aromatic heterocycles. The fraction of sp³-hybridized carbons (Fsp3) is 0.750. The minimum absolute atomic E-state index is 0.488. The van der Waals surface area contributed by atoms with E-state index in [-0.39, 0.29) is 0 Å². The van der Waals surface area contributed by atoms with E-state index < -0.39 is 8.80 Å². The van der Waals surface area contributed by atoms with Crippen LogP contribution in [0, 0.1) is 5.92 Å². The summed E-state index contributed by atoms with van der Waals surface area (Å²) in [6.45, 7) is 4.98. The van der Waals surface area contributed by atoms with Crippen molar-refractivity contribution in [3.05, 3.63) is 29.2 Å². The molecule has 2 aliphatic carbocycles. The van der Waals surface area contributed by atoms with E-state index in [1.165, 1.54) is 83.1 Å². The maximum atomic E-state index is 2.49. The van der Waals surface area contributed by atoms with Crippen LogP contribution in [0.3, 0.4) is 0 Å². The predicted molar refractivity (Wildman–Crippen MR) is 98.5 cm³/mol. The molecule has 1 heteroatoms. The van der Waals surface area contributed by atoms with E-state index in [4.69, 9.17) is 0 Å². The molecule has 1 saturated carbocycles. The van der Waals surface area contributed by atoms with Gasteiger partial charge in [0.05, 0.1) is 0 Å². The minimum Gasteiger partial charge on any atom is -0.0802 e. The molecule has 0 aliphatic heterocycles. The molecule has 0 heterocycles. The summed E-state index contributed by atoms with van der Waals surface area (Å²) >= 11 is 0. The summed E-state index contributed by atoms with van der Waals surface area (Å²) in [5.74, 6) is 1.84. The Kier molecular flexibility index (Phi) is 7.85. The van der Waals surface area contributed by atoms with Crippen molar-refractivity contribution in [2.24, 2.45) is 0 Å². The quantitative estimate of drug-likeness (QED) is 0.515. The summed E-state index contributed by atoms with van der Waals surface area (Å²) in [5.41, 5.74) is 3.49. The summed E-state index contributed by atoms with van der Waals surface area (Å²) in [6.07, 6.45) is 22.0. The highest BCUT2D eigenvalue weighted by Crippen LogP contribution is 2.37. The second kappa shape index (κ2) is 9.66. The van der Waals surface area contributed by atoms with E-state index >= 15 is 0 Å². The van der Waals surface area contributed by atoms with Gasteiger partial charge >= 0.3 is 0 Å². The highest BCUT2D eigenvalue weighted by atomic mass is 28.3. The number of hydrogen-bond donors (Lipinski definition) is 0. The minimum atomic E-state index is -0.488. The van der Waals surface area contributed by atoms with Gasteiger partial charge in [-0.2, -0.15) is 0 Å². The van der Waals surface area contributed by atoms with E-state index in [0.29, 0.717) is 0 Å². The number of hydrogen-bond acceptors (Lipinski definition) is 0. The van der Waals surface area contributed by atoms with Crippen LogP contribution >= 0.6 is 0 Å². The zero-order valence-electron chi connectivity index (χ0n) is 14.4. The van der Waals surface area contributed by atoms with Gasteiger partial charge in [0.15, 0.2) is 0 Å². The average Bonchev–Trinajstić information content (AvgIpc) is 2.87. The van der Waals surface area contributed by atoms with Crippen LogP contribution < -0.4 is 0 Å². The van der Waals surface area contributed by atoms with Crippen LogP contribution in [0.1, 0.15) is 77.0 Å². The van der Waals surface area contributed by atoms with E-state index in [9.17, 15) is 0 Å². The monoisotopic (exact) mass is 303 g/mol. The molecule has 2 aliphatic rings. The van der Waals surface area contributed by atoms with Crippen molar-refractivity contribution < 1.29 is 0 Å². The molecular weight excluding hydrogens is 268 g/mol. The van der Waals surface area contributed by atoms with Crippen molar-refractivity contribution in [2.45, 2.75) is 96.2 Å². The van der Waals surface area contributed by atoms with Gasteiger partial charge in [0, 0.05) is 14.7 Å². The zero-order valence-corrected chi connectivity index (χ0v) is 15.6. The van der Waals surface area contributed by atoms with Crippen molar-refractivity contribution in [1.29, 1.82) is 0 Å². The lowest BCUT2D eigenvalue weighted by Gasteiger charge is -2.21. The molecule has 0 aromatic carbocycles. The SMILES string of the molecule is C[SiH](C)CC1=C([C]2CCCCCCCCCCC2)CC=C1. The third kappa shape index (κ3) is 6.14. The van der Waals surface area contributed by atoms with Gasteiger partial charge in [-0.15, -0.1) is 0 Å². The molecule has 0 amide bonds. The van der Waals surface area contributed by atoms with Gasteiger partial charge in [0.1, 0.15) is 0 Å². The molecular formula is C20H35Si. The molecule has 0 atom stereocenters. The molecule has 0 unspecified atom stereocenters. The van der Waals surface area contributed by atoms with Crippen molar-refractivity contribution in [3.63, 3.8) is 0 Å². The lowest BCUT2D eigenvalue weighted by atomic mass is 9.85. The first-order valence-corrected chi connectivity index (χ1v) is 12.6. The smallest absolute Gasteiger partial charge is 0.0352 e. The van der Waals surface area contributed by atoms with Crippen LogP contribution in [0.25, 0.3) is 0 Å². The summed E-state index contributed by atoms with van der Waals surface area (Å²) < 4.78 is 0. The van der Waals surface area contributed by atoms with E-state index in [2.05, 4.69) is 25.2 Å². The summed E-state index contributed by atoms with van der Waals surface area (Å²) in [4.78, 5) is 0. The maximum absolute atomic E-state index is 2.49. The fourth-order valence-corrected chi connectivity index (χ4v) is 5.16. The predicted octanol–water partition coefficient (Wildman–Crippen LogP) is 6.61. The molecule has 0 saturated heterocycles. The first kappa shape index (κ1) is 17.1. The largest absolute Gasteiger partial charge is 0.0802 e. The Morgan fingerprint density at radius 3 is 1.86 bits per heavy atom. The fourth-order valence-electron chi connectivity index (χ4n) is 3.89. The molecule has 2 rings (SSSR count). The van der Waals surface area contributed by atoms with Gasteiger partial charge in [-0.3, -0.25) is 0 Å². The van der Waals surface area contributed by atoms with Gasteiger partial charge in [0.2, 0.25) is 0 Å². The molecule has 1 fully saturated rings. The average molecular weight is 304 g/mol. The second-order valence-electron chi connectivity index (χ2n) is 7.49. The van der Waals surface area contributed by atoms with Crippen LogP contribution in [0.5, 0.6) is 0 Å².